The van der Waals surface area contributed by atoms with Crippen LogP contribution in [0.25, 0.3) is 11.0 Å². The second-order valence-electron chi connectivity index (χ2n) is 17.0. The van der Waals surface area contributed by atoms with Gasteiger partial charge < -0.3 is 14.4 Å². The van der Waals surface area contributed by atoms with Crippen molar-refractivity contribution in [1.82, 2.24) is 23.9 Å². The molecule has 2 aromatic rings. The molecule has 1 aliphatic carbocycles. The number of Topliss-reactive ketones (excluding diaryl/α,β-unsaturated/α-hetero) is 1. The van der Waals surface area contributed by atoms with Gasteiger partial charge in [-0.05, 0) is 64.5 Å². The van der Waals surface area contributed by atoms with Gasteiger partial charge in [-0.3, -0.25) is 19.2 Å². The standard InChI is InChI=1S/C39H55N5O8S/c1-37(2,3)33-34(41-29-19-15-14-18-28(29)40-33)51-27-21-30-31(45)23-39(36(48)42-53(49,50)43(7)8)22-26(39)17-13-11-9-10-12-16-25(35(47)44(30)24-27)20-32(46)52-38(4,5)6/h13-15,17-19,25-27,30H,9-12,16,20-24H2,1-8H3,(H,42,48)/b17-13-/t25-,26-,27-,30+,39-/m1/s1. The topological polar surface area (TPSA) is 165 Å². The van der Waals surface area contributed by atoms with Crippen LogP contribution in [-0.4, -0.2) is 89.5 Å². The van der Waals surface area contributed by atoms with Crippen molar-refractivity contribution in [3.8, 4) is 5.88 Å². The number of ketones is 1. The van der Waals surface area contributed by atoms with Crippen molar-refractivity contribution in [3.63, 3.8) is 0 Å². The van der Waals surface area contributed by atoms with Gasteiger partial charge in [-0.2, -0.15) is 12.7 Å². The van der Waals surface area contributed by atoms with E-state index in [0.29, 0.717) is 41.9 Å². The Bertz CT molecular complexity index is 1860. The van der Waals surface area contributed by atoms with Crippen molar-refractivity contribution in [2.45, 2.75) is 122 Å². The van der Waals surface area contributed by atoms with Crippen molar-refractivity contribution in [2.75, 3.05) is 20.6 Å². The molecule has 1 N–H and O–H groups in total. The second kappa shape index (κ2) is 15.4. The summed E-state index contributed by atoms with van der Waals surface area (Å²) in [7, 11) is -1.48. The van der Waals surface area contributed by atoms with Crippen LogP contribution in [0.15, 0.2) is 36.4 Å². The highest BCUT2D eigenvalue weighted by Crippen LogP contribution is 2.57. The zero-order valence-electron chi connectivity index (χ0n) is 32.3. The number of benzene rings is 1. The fraction of sp³-hybridized carbons (Fsp3) is 0.641. The van der Waals surface area contributed by atoms with Gasteiger partial charge in [0.05, 0.1) is 35.5 Å². The first-order valence-electron chi connectivity index (χ1n) is 18.6. The molecular weight excluding hydrogens is 699 g/mol. The highest BCUT2D eigenvalue weighted by atomic mass is 32.2. The van der Waals surface area contributed by atoms with Crippen LogP contribution < -0.4 is 9.46 Å². The predicted octanol–water partition coefficient (Wildman–Crippen LogP) is 5.03. The van der Waals surface area contributed by atoms with Crippen molar-refractivity contribution in [1.29, 1.82) is 0 Å². The summed E-state index contributed by atoms with van der Waals surface area (Å²) in [5, 5.41) is 0. The van der Waals surface area contributed by atoms with Gasteiger partial charge in [0.2, 0.25) is 17.7 Å². The maximum atomic E-state index is 14.6. The molecule has 13 nitrogen and oxygen atoms in total. The lowest BCUT2D eigenvalue weighted by Gasteiger charge is -2.29. The van der Waals surface area contributed by atoms with Crippen molar-refractivity contribution in [3.05, 3.63) is 42.1 Å². The molecule has 5 atom stereocenters. The molecule has 0 unspecified atom stereocenters. The number of aromatic nitrogens is 2. The summed E-state index contributed by atoms with van der Waals surface area (Å²) >= 11 is 0. The van der Waals surface area contributed by atoms with E-state index in [4.69, 9.17) is 19.4 Å². The molecular formula is C39H55N5O8S. The first kappa shape index (κ1) is 40.3. The minimum absolute atomic E-state index is 0.0513. The fourth-order valence-electron chi connectivity index (χ4n) is 7.24. The van der Waals surface area contributed by atoms with Gasteiger partial charge in [-0.25, -0.2) is 14.7 Å². The van der Waals surface area contributed by atoms with Gasteiger partial charge in [0.15, 0.2) is 5.78 Å². The molecule has 0 spiro atoms. The molecule has 1 saturated heterocycles. The van der Waals surface area contributed by atoms with Gasteiger partial charge in [-0.1, -0.05) is 57.9 Å². The lowest BCUT2D eigenvalue weighted by atomic mass is 9.90. The highest BCUT2D eigenvalue weighted by Gasteiger charge is 2.61. The third-order valence-corrected chi connectivity index (χ3v) is 11.6. The van der Waals surface area contributed by atoms with Crippen LogP contribution in [0.2, 0.25) is 0 Å². The van der Waals surface area contributed by atoms with E-state index in [2.05, 4.69) is 4.72 Å². The van der Waals surface area contributed by atoms with Crippen LogP contribution in [0.5, 0.6) is 5.88 Å². The normalized spacial score (nSPS) is 26.6. The lowest BCUT2D eigenvalue weighted by Crippen LogP contribution is -2.47. The summed E-state index contributed by atoms with van der Waals surface area (Å²) in [4.78, 5) is 67.1. The van der Waals surface area contributed by atoms with Crippen LogP contribution >= 0.6 is 0 Å². The minimum Gasteiger partial charge on any atom is -0.471 e. The number of hydrogen-bond acceptors (Lipinski definition) is 10. The second-order valence-corrected chi connectivity index (χ2v) is 18.9. The number of ether oxygens (including phenoxy) is 2. The van der Waals surface area contributed by atoms with Crippen molar-refractivity contribution >= 4 is 44.8 Å². The number of rotatable bonds is 7. The first-order chi connectivity index (χ1) is 24.7. The van der Waals surface area contributed by atoms with Crippen LogP contribution in [0.1, 0.15) is 105 Å². The Morgan fingerprint density at radius 1 is 1.02 bits per heavy atom. The average molecular weight is 754 g/mol. The maximum absolute atomic E-state index is 14.6. The Kier molecular flexibility index (Phi) is 11.7. The number of fused-ring (bicyclic) bond motifs is 3. The number of nitrogens with one attached hydrogen (secondary N) is 1. The molecule has 0 radical (unpaired) electrons. The number of allylic oxidation sites excluding steroid dienone is 2. The maximum Gasteiger partial charge on any atom is 0.307 e. The monoisotopic (exact) mass is 753 g/mol. The number of carbonyl (C=O) groups excluding carboxylic acids is 4. The molecule has 3 heterocycles. The molecule has 0 bridgehead atoms. The van der Waals surface area contributed by atoms with Crippen LogP contribution in [-0.2, 0) is 39.5 Å². The molecule has 2 fully saturated rings. The third-order valence-electron chi connectivity index (χ3n) is 10.2. The van der Waals surface area contributed by atoms with Gasteiger partial charge in [-0.15, -0.1) is 0 Å². The molecule has 2 aliphatic heterocycles. The Balaban J connectivity index is 1.51. The van der Waals surface area contributed by atoms with E-state index in [1.807, 2.05) is 57.2 Å². The molecule has 1 aromatic heterocycles. The van der Waals surface area contributed by atoms with Crippen LogP contribution in [0.4, 0.5) is 0 Å². The van der Waals surface area contributed by atoms with E-state index in [-0.39, 0.29) is 43.4 Å². The smallest absolute Gasteiger partial charge is 0.307 e. The zero-order chi connectivity index (χ0) is 38.9. The number of nitrogens with zero attached hydrogens (tertiary/aromatic N) is 4. The summed E-state index contributed by atoms with van der Waals surface area (Å²) in [5.41, 5.74) is -0.483. The van der Waals surface area contributed by atoms with Gasteiger partial charge in [0.1, 0.15) is 17.4 Å². The van der Waals surface area contributed by atoms with Gasteiger partial charge in [0.25, 0.3) is 0 Å². The molecule has 53 heavy (non-hydrogen) atoms. The van der Waals surface area contributed by atoms with Gasteiger partial charge >= 0.3 is 16.2 Å². The molecule has 1 saturated carbocycles. The number of carbonyl (C=O) groups is 4. The summed E-state index contributed by atoms with van der Waals surface area (Å²) in [6.07, 6.45) is 6.75. The van der Waals surface area contributed by atoms with E-state index in [0.717, 1.165) is 23.6 Å². The highest BCUT2D eigenvalue weighted by molar-refractivity contribution is 7.87. The number of amides is 2. The Morgan fingerprint density at radius 2 is 1.70 bits per heavy atom. The quantitative estimate of drug-likeness (QED) is 0.300. The number of para-hydroxylation sites is 2. The predicted molar refractivity (Wildman–Crippen MR) is 200 cm³/mol. The third kappa shape index (κ3) is 9.61. The van der Waals surface area contributed by atoms with Crippen molar-refractivity contribution in [2.24, 2.45) is 17.3 Å². The van der Waals surface area contributed by atoms with E-state index >= 15 is 0 Å². The van der Waals surface area contributed by atoms with E-state index in [1.54, 1.807) is 20.8 Å². The minimum atomic E-state index is -4.12. The summed E-state index contributed by atoms with van der Waals surface area (Å²) in [6.45, 7) is 11.4. The van der Waals surface area contributed by atoms with E-state index in [1.165, 1.54) is 19.0 Å². The van der Waals surface area contributed by atoms with Crippen LogP contribution in [0, 0.1) is 17.3 Å². The summed E-state index contributed by atoms with van der Waals surface area (Å²) in [5.74, 6) is -2.72. The number of esters is 1. The molecule has 14 heteroatoms. The largest absolute Gasteiger partial charge is 0.471 e. The van der Waals surface area contributed by atoms with Crippen LogP contribution in [0.3, 0.4) is 0 Å². The summed E-state index contributed by atoms with van der Waals surface area (Å²) in [6, 6.07) is 6.50. The zero-order valence-corrected chi connectivity index (χ0v) is 33.1. The summed E-state index contributed by atoms with van der Waals surface area (Å²) < 4.78 is 40.7. The molecule has 5 rings (SSSR count). The Hall–Kier alpha value is -3.91. The molecule has 3 aliphatic rings. The molecule has 290 valence electrons. The Labute approximate surface area is 313 Å². The van der Waals surface area contributed by atoms with Crippen molar-refractivity contribution < 1.29 is 37.1 Å². The SMILES string of the molecule is CN(C)S(=O)(=O)NC(=O)[C@]12CC(=O)[C@@H]3C[C@@H](Oc4nc5ccccc5nc4C(C)(C)C)CN3C(=O)[C@@H](CC(=O)OC(C)(C)C)CCCCC/C=C\[C@@H]1C2. The first-order valence-corrected chi connectivity index (χ1v) is 20.0. The average Bonchev–Trinajstić information content (AvgIpc) is 3.58. The van der Waals surface area contributed by atoms with E-state index in [9.17, 15) is 27.6 Å². The molecule has 2 amide bonds. The fourth-order valence-corrected chi connectivity index (χ4v) is 7.86. The molecule has 1 aromatic carbocycles. The van der Waals surface area contributed by atoms with E-state index < -0.39 is 56.6 Å². The number of hydrogen-bond donors (Lipinski definition) is 1. The lowest BCUT2D eigenvalue weighted by molar-refractivity contribution is -0.159. The van der Waals surface area contributed by atoms with Gasteiger partial charge in [0, 0.05) is 38.3 Å². The Morgan fingerprint density at radius 3 is 2.34 bits per heavy atom.